The van der Waals surface area contributed by atoms with Crippen molar-refractivity contribution in [2.75, 3.05) is 26.2 Å². The third-order valence-corrected chi connectivity index (χ3v) is 5.29. The maximum absolute atomic E-state index is 13.0. The fraction of sp³-hybridized carbons (Fsp3) is 0.450. The van der Waals surface area contributed by atoms with E-state index < -0.39 is 0 Å². The molecule has 1 amide bonds. The van der Waals surface area contributed by atoms with Crippen LogP contribution in [0.25, 0.3) is 0 Å². The average molecular weight is 324 g/mol. The molecular weight excluding hydrogens is 300 g/mol. The second-order valence-electron chi connectivity index (χ2n) is 6.82. The molecule has 1 aromatic heterocycles. The van der Waals surface area contributed by atoms with Crippen molar-refractivity contribution in [2.24, 2.45) is 0 Å². The summed E-state index contributed by atoms with van der Waals surface area (Å²) in [5.41, 5.74) is 2.60. The third kappa shape index (κ3) is 3.11. The average Bonchev–Trinajstić information content (AvgIpc) is 3.20. The smallest absolute Gasteiger partial charge is 0.230 e. The van der Waals surface area contributed by atoms with Crippen LogP contribution in [0.4, 0.5) is 0 Å². The Balaban J connectivity index is 1.39. The predicted octanol–water partition coefficient (Wildman–Crippen LogP) is 3.04. The van der Waals surface area contributed by atoms with Crippen molar-refractivity contribution in [3.63, 3.8) is 0 Å². The van der Waals surface area contributed by atoms with Gasteiger partial charge in [0.05, 0.1) is 18.7 Å². The van der Waals surface area contributed by atoms with Gasteiger partial charge in [0.15, 0.2) is 0 Å². The summed E-state index contributed by atoms with van der Waals surface area (Å²) in [6.45, 7) is 4.46. The van der Waals surface area contributed by atoms with Crippen LogP contribution in [0.3, 0.4) is 0 Å². The highest BCUT2D eigenvalue weighted by atomic mass is 16.3. The summed E-state index contributed by atoms with van der Waals surface area (Å²) in [5, 5.41) is 0. The zero-order valence-corrected chi connectivity index (χ0v) is 14.0. The molecule has 126 valence electrons. The van der Waals surface area contributed by atoms with Crippen LogP contribution in [-0.2, 0) is 17.8 Å². The zero-order chi connectivity index (χ0) is 16.4. The van der Waals surface area contributed by atoms with Crippen molar-refractivity contribution < 1.29 is 9.21 Å². The molecule has 1 unspecified atom stereocenters. The van der Waals surface area contributed by atoms with Gasteiger partial charge in [-0.15, -0.1) is 0 Å². The molecule has 4 heteroatoms. The molecule has 1 aromatic carbocycles. The highest BCUT2D eigenvalue weighted by Crippen LogP contribution is 2.34. The molecule has 0 radical (unpaired) electrons. The number of carbonyl (C=O) groups excluding carboxylic acids is 1. The molecule has 1 atom stereocenters. The first kappa shape index (κ1) is 15.5. The van der Waals surface area contributed by atoms with Crippen molar-refractivity contribution in [3.05, 3.63) is 59.5 Å². The Labute approximate surface area is 143 Å². The minimum absolute atomic E-state index is 0.0674. The van der Waals surface area contributed by atoms with Gasteiger partial charge in [-0.05, 0) is 42.5 Å². The molecule has 4 nitrogen and oxygen atoms in total. The van der Waals surface area contributed by atoms with Gasteiger partial charge in [-0.3, -0.25) is 9.69 Å². The summed E-state index contributed by atoms with van der Waals surface area (Å²) in [7, 11) is 0. The Morgan fingerprint density at radius 2 is 2.00 bits per heavy atom. The van der Waals surface area contributed by atoms with Crippen LogP contribution in [0.2, 0.25) is 0 Å². The van der Waals surface area contributed by atoms with Crippen LogP contribution in [0.15, 0.2) is 47.1 Å². The number of fused-ring (bicyclic) bond motifs is 1. The standard InChI is InChI=1S/C20H24N2O2/c23-20(19-9-8-16-5-1-2-7-18(16)19)22-11-4-10-21(12-13-22)15-17-6-3-14-24-17/h1-3,5-7,14,19H,4,8-13,15H2. The molecule has 0 bridgehead atoms. The topological polar surface area (TPSA) is 36.7 Å². The summed E-state index contributed by atoms with van der Waals surface area (Å²) in [4.78, 5) is 17.5. The van der Waals surface area contributed by atoms with E-state index >= 15 is 0 Å². The Morgan fingerprint density at radius 3 is 2.88 bits per heavy atom. The Kier molecular flexibility index (Phi) is 4.39. The lowest BCUT2D eigenvalue weighted by atomic mass is 10.00. The third-order valence-electron chi connectivity index (χ3n) is 5.29. The van der Waals surface area contributed by atoms with E-state index in [9.17, 15) is 4.79 Å². The second kappa shape index (κ2) is 6.81. The van der Waals surface area contributed by atoms with E-state index in [1.54, 1.807) is 6.26 Å². The second-order valence-corrected chi connectivity index (χ2v) is 6.82. The van der Waals surface area contributed by atoms with Crippen LogP contribution < -0.4 is 0 Å². The summed E-state index contributed by atoms with van der Waals surface area (Å²) in [6, 6.07) is 12.4. The first-order valence-electron chi connectivity index (χ1n) is 8.92. The van der Waals surface area contributed by atoms with Crippen LogP contribution in [0, 0.1) is 0 Å². The normalized spacial score (nSPS) is 21.5. The largest absolute Gasteiger partial charge is 0.468 e. The van der Waals surface area contributed by atoms with Crippen LogP contribution >= 0.6 is 0 Å². The van der Waals surface area contributed by atoms with E-state index in [0.717, 1.165) is 57.7 Å². The van der Waals surface area contributed by atoms with Gasteiger partial charge in [0.2, 0.25) is 5.91 Å². The lowest BCUT2D eigenvalue weighted by Crippen LogP contribution is -2.37. The first-order valence-corrected chi connectivity index (χ1v) is 8.92. The molecule has 4 rings (SSSR count). The minimum atomic E-state index is 0.0674. The number of furan rings is 1. The van der Waals surface area contributed by atoms with Crippen LogP contribution in [-0.4, -0.2) is 41.9 Å². The van der Waals surface area contributed by atoms with Gasteiger partial charge < -0.3 is 9.32 Å². The number of nitrogens with zero attached hydrogens (tertiary/aromatic N) is 2. The molecule has 0 spiro atoms. The molecule has 2 aliphatic rings. The van der Waals surface area contributed by atoms with Gasteiger partial charge in [0.1, 0.15) is 5.76 Å². The van der Waals surface area contributed by atoms with E-state index in [2.05, 4.69) is 34.1 Å². The zero-order valence-electron chi connectivity index (χ0n) is 14.0. The highest BCUT2D eigenvalue weighted by molar-refractivity contribution is 5.85. The first-order chi connectivity index (χ1) is 11.8. The van der Waals surface area contributed by atoms with Crippen LogP contribution in [0.5, 0.6) is 0 Å². The minimum Gasteiger partial charge on any atom is -0.468 e. The Hall–Kier alpha value is -2.07. The SMILES string of the molecule is O=C(C1CCc2ccccc21)N1CCCN(Cc2ccco2)CC1. The molecule has 1 saturated heterocycles. The van der Waals surface area contributed by atoms with Crippen molar-refractivity contribution in [1.29, 1.82) is 0 Å². The number of rotatable bonds is 3. The fourth-order valence-electron chi connectivity index (χ4n) is 4.01. The number of hydrogen-bond acceptors (Lipinski definition) is 3. The summed E-state index contributed by atoms with van der Waals surface area (Å²) in [5.74, 6) is 1.39. The number of amides is 1. The maximum atomic E-state index is 13.0. The summed E-state index contributed by atoms with van der Waals surface area (Å²) >= 11 is 0. The monoisotopic (exact) mass is 324 g/mol. The van der Waals surface area contributed by atoms with Gasteiger partial charge >= 0.3 is 0 Å². The molecule has 2 aromatic rings. The van der Waals surface area contributed by atoms with E-state index in [0.29, 0.717) is 5.91 Å². The number of benzene rings is 1. The van der Waals surface area contributed by atoms with Crippen LogP contribution in [0.1, 0.15) is 35.6 Å². The maximum Gasteiger partial charge on any atom is 0.230 e. The molecule has 0 N–H and O–H groups in total. The highest BCUT2D eigenvalue weighted by Gasteiger charge is 2.32. The number of hydrogen-bond donors (Lipinski definition) is 0. The predicted molar refractivity (Wildman–Crippen MR) is 92.7 cm³/mol. The number of aryl methyl sites for hydroxylation is 1. The van der Waals surface area contributed by atoms with E-state index in [-0.39, 0.29) is 5.92 Å². The van der Waals surface area contributed by atoms with Gasteiger partial charge in [-0.1, -0.05) is 24.3 Å². The Morgan fingerprint density at radius 1 is 1.08 bits per heavy atom. The van der Waals surface area contributed by atoms with Gasteiger partial charge in [-0.25, -0.2) is 0 Å². The summed E-state index contributed by atoms with van der Waals surface area (Å²) in [6.07, 6.45) is 4.75. The molecule has 1 aliphatic carbocycles. The molecule has 2 heterocycles. The van der Waals surface area contributed by atoms with E-state index in [1.165, 1.54) is 11.1 Å². The van der Waals surface area contributed by atoms with Crippen molar-refractivity contribution in [3.8, 4) is 0 Å². The molecule has 1 fully saturated rings. The van der Waals surface area contributed by atoms with Crippen molar-refractivity contribution >= 4 is 5.91 Å². The quantitative estimate of drug-likeness (QED) is 0.871. The van der Waals surface area contributed by atoms with Crippen molar-refractivity contribution in [1.82, 2.24) is 9.80 Å². The van der Waals surface area contributed by atoms with Crippen molar-refractivity contribution in [2.45, 2.75) is 31.7 Å². The lowest BCUT2D eigenvalue weighted by Gasteiger charge is -2.25. The summed E-state index contributed by atoms with van der Waals surface area (Å²) < 4.78 is 5.45. The van der Waals surface area contributed by atoms with Gasteiger partial charge in [0.25, 0.3) is 0 Å². The van der Waals surface area contributed by atoms with E-state index in [1.807, 2.05) is 12.1 Å². The van der Waals surface area contributed by atoms with Gasteiger partial charge in [0, 0.05) is 26.2 Å². The molecule has 1 aliphatic heterocycles. The number of carbonyl (C=O) groups is 1. The van der Waals surface area contributed by atoms with Gasteiger partial charge in [-0.2, -0.15) is 0 Å². The fourth-order valence-corrected chi connectivity index (χ4v) is 4.01. The van der Waals surface area contributed by atoms with E-state index in [4.69, 9.17) is 4.42 Å². The molecule has 0 saturated carbocycles. The lowest BCUT2D eigenvalue weighted by molar-refractivity contribution is -0.132. The Bertz CT molecular complexity index is 695. The molecular formula is C20H24N2O2. The molecule has 24 heavy (non-hydrogen) atoms.